The van der Waals surface area contributed by atoms with Crippen molar-refractivity contribution in [2.24, 2.45) is 5.73 Å². The number of rotatable bonds is 9. The quantitative estimate of drug-likeness (QED) is 0.566. The number of Topliss-reactive ketones (excluding diaryl/α,β-unsaturated/α-hetero) is 1. The zero-order valence-electron chi connectivity index (χ0n) is 15.1. The van der Waals surface area contributed by atoms with E-state index in [1.165, 1.54) is 18.2 Å². The molecule has 0 aliphatic rings. The summed E-state index contributed by atoms with van der Waals surface area (Å²) >= 11 is 0. The van der Waals surface area contributed by atoms with E-state index in [0.717, 1.165) is 5.56 Å². The fourth-order valence-electron chi connectivity index (χ4n) is 2.35. The standard InChI is InChI=1S/C19H23N3O4S/c1-14-5-7-15(8-6-14)18(23)9-10-19(24)22-16-3-2-4-17(13-16)27(25,26)21-12-11-20/h2-8,13,21H,9-12,20H2,1H3,(H,22,24). The lowest BCUT2D eigenvalue weighted by atomic mass is 10.0. The number of carbonyl (C=O) groups excluding carboxylic acids is 2. The molecule has 0 fully saturated rings. The predicted molar refractivity (Wildman–Crippen MR) is 104 cm³/mol. The van der Waals surface area contributed by atoms with Crippen LogP contribution in [0.1, 0.15) is 28.8 Å². The van der Waals surface area contributed by atoms with Crippen molar-refractivity contribution in [1.82, 2.24) is 4.72 Å². The highest BCUT2D eigenvalue weighted by molar-refractivity contribution is 7.89. The van der Waals surface area contributed by atoms with Gasteiger partial charge in [-0.2, -0.15) is 0 Å². The smallest absolute Gasteiger partial charge is 0.240 e. The first-order valence-electron chi connectivity index (χ1n) is 8.51. The van der Waals surface area contributed by atoms with Gasteiger partial charge in [-0.05, 0) is 25.1 Å². The van der Waals surface area contributed by atoms with E-state index in [4.69, 9.17) is 5.73 Å². The number of nitrogens with one attached hydrogen (secondary N) is 2. The van der Waals surface area contributed by atoms with Gasteiger partial charge in [0, 0.05) is 37.2 Å². The van der Waals surface area contributed by atoms with E-state index in [-0.39, 0.29) is 42.5 Å². The molecule has 0 heterocycles. The Labute approximate surface area is 159 Å². The van der Waals surface area contributed by atoms with E-state index < -0.39 is 10.0 Å². The molecule has 0 saturated carbocycles. The van der Waals surface area contributed by atoms with Gasteiger partial charge < -0.3 is 11.1 Å². The lowest BCUT2D eigenvalue weighted by molar-refractivity contribution is -0.116. The van der Waals surface area contributed by atoms with E-state index in [0.29, 0.717) is 11.3 Å². The Balaban J connectivity index is 1.95. The van der Waals surface area contributed by atoms with Crippen molar-refractivity contribution in [1.29, 1.82) is 0 Å². The van der Waals surface area contributed by atoms with Crippen LogP contribution >= 0.6 is 0 Å². The molecule has 0 unspecified atom stereocenters. The molecule has 27 heavy (non-hydrogen) atoms. The number of hydrogen-bond acceptors (Lipinski definition) is 5. The summed E-state index contributed by atoms with van der Waals surface area (Å²) in [7, 11) is -3.68. The van der Waals surface area contributed by atoms with Crippen molar-refractivity contribution in [2.75, 3.05) is 18.4 Å². The lowest BCUT2D eigenvalue weighted by Crippen LogP contribution is -2.29. The first-order chi connectivity index (χ1) is 12.8. The van der Waals surface area contributed by atoms with Gasteiger partial charge in [0.25, 0.3) is 0 Å². The molecule has 7 nitrogen and oxygen atoms in total. The lowest BCUT2D eigenvalue weighted by Gasteiger charge is -2.09. The summed E-state index contributed by atoms with van der Waals surface area (Å²) in [5.41, 5.74) is 7.27. The molecule has 2 rings (SSSR count). The van der Waals surface area contributed by atoms with E-state index in [2.05, 4.69) is 10.0 Å². The molecular formula is C19H23N3O4S. The number of amides is 1. The fourth-order valence-corrected chi connectivity index (χ4v) is 3.45. The Hall–Kier alpha value is -2.55. The van der Waals surface area contributed by atoms with Gasteiger partial charge >= 0.3 is 0 Å². The minimum atomic E-state index is -3.68. The van der Waals surface area contributed by atoms with Crippen LogP contribution in [-0.4, -0.2) is 33.2 Å². The zero-order valence-corrected chi connectivity index (χ0v) is 15.9. The average Bonchev–Trinajstić information content (AvgIpc) is 2.65. The molecule has 0 radical (unpaired) electrons. The van der Waals surface area contributed by atoms with Gasteiger partial charge in [0.1, 0.15) is 0 Å². The van der Waals surface area contributed by atoms with Crippen LogP contribution in [0, 0.1) is 6.92 Å². The topological polar surface area (TPSA) is 118 Å². The van der Waals surface area contributed by atoms with Gasteiger partial charge in [-0.3, -0.25) is 9.59 Å². The number of benzene rings is 2. The maximum absolute atomic E-state index is 12.1. The second kappa shape index (κ2) is 9.40. The third-order valence-electron chi connectivity index (χ3n) is 3.82. The van der Waals surface area contributed by atoms with Gasteiger partial charge in [-0.15, -0.1) is 0 Å². The number of nitrogens with two attached hydrogens (primary N) is 1. The highest BCUT2D eigenvalue weighted by Crippen LogP contribution is 2.16. The number of ketones is 1. The molecule has 0 aliphatic heterocycles. The molecule has 0 aromatic heterocycles. The van der Waals surface area contributed by atoms with Gasteiger partial charge in [0.05, 0.1) is 4.90 Å². The Morgan fingerprint density at radius 2 is 1.74 bits per heavy atom. The number of hydrogen-bond donors (Lipinski definition) is 3. The largest absolute Gasteiger partial charge is 0.329 e. The van der Waals surface area contributed by atoms with Crippen LogP contribution < -0.4 is 15.8 Å². The van der Waals surface area contributed by atoms with Gasteiger partial charge in [0.2, 0.25) is 15.9 Å². The summed E-state index contributed by atoms with van der Waals surface area (Å²) in [6, 6.07) is 13.1. The van der Waals surface area contributed by atoms with Crippen molar-refractivity contribution in [3.63, 3.8) is 0 Å². The number of anilines is 1. The van der Waals surface area contributed by atoms with E-state index in [1.807, 2.05) is 19.1 Å². The predicted octanol–water partition coefficient (Wildman–Crippen LogP) is 1.83. The normalized spacial score (nSPS) is 11.2. The third kappa shape index (κ3) is 6.28. The highest BCUT2D eigenvalue weighted by Gasteiger charge is 2.14. The second-order valence-electron chi connectivity index (χ2n) is 6.05. The first kappa shape index (κ1) is 20.8. The number of aryl methyl sites for hydroxylation is 1. The van der Waals surface area contributed by atoms with Crippen LogP contribution in [0.2, 0.25) is 0 Å². The summed E-state index contributed by atoms with van der Waals surface area (Å²) in [6.45, 7) is 2.24. The summed E-state index contributed by atoms with van der Waals surface area (Å²) in [4.78, 5) is 24.2. The second-order valence-corrected chi connectivity index (χ2v) is 7.82. The summed E-state index contributed by atoms with van der Waals surface area (Å²) in [6.07, 6.45) is 0.0834. The van der Waals surface area contributed by atoms with Crippen LogP contribution in [0.3, 0.4) is 0 Å². The molecule has 144 valence electrons. The average molecular weight is 389 g/mol. The Morgan fingerprint density at radius 3 is 2.41 bits per heavy atom. The Bertz CT molecular complexity index is 909. The van der Waals surface area contributed by atoms with Crippen molar-refractivity contribution < 1.29 is 18.0 Å². The molecule has 0 aliphatic carbocycles. The van der Waals surface area contributed by atoms with Crippen molar-refractivity contribution >= 4 is 27.4 Å². The molecule has 1 amide bonds. The molecule has 0 spiro atoms. The highest BCUT2D eigenvalue weighted by atomic mass is 32.2. The van der Waals surface area contributed by atoms with Crippen molar-refractivity contribution in [2.45, 2.75) is 24.7 Å². The van der Waals surface area contributed by atoms with Gasteiger partial charge in [-0.25, -0.2) is 13.1 Å². The summed E-state index contributed by atoms with van der Waals surface area (Å²) in [5.74, 6) is -0.479. The van der Waals surface area contributed by atoms with Crippen molar-refractivity contribution in [3.05, 3.63) is 59.7 Å². The molecule has 2 aromatic rings. The van der Waals surface area contributed by atoms with Gasteiger partial charge in [0.15, 0.2) is 5.78 Å². The Kier molecular flexibility index (Phi) is 7.23. The fraction of sp³-hybridized carbons (Fsp3) is 0.263. The van der Waals surface area contributed by atoms with E-state index in [1.54, 1.807) is 18.2 Å². The van der Waals surface area contributed by atoms with E-state index in [9.17, 15) is 18.0 Å². The molecular weight excluding hydrogens is 366 g/mol. The maximum atomic E-state index is 12.1. The van der Waals surface area contributed by atoms with Gasteiger partial charge in [-0.1, -0.05) is 35.9 Å². The van der Waals surface area contributed by atoms with Crippen LogP contribution in [0.5, 0.6) is 0 Å². The zero-order chi connectivity index (χ0) is 19.9. The SMILES string of the molecule is Cc1ccc(C(=O)CCC(=O)Nc2cccc(S(=O)(=O)NCCN)c2)cc1. The molecule has 0 bridgehead atoms. The molecule has 8 heteroatoms. The molecule has 4 N–H and O–H groups in total. The Morgan fingerprint density at radius 1 is 1.04 bits per heavy atom. The molecule has 0 atom stereocenters. The molecule has 2 aromatic carbocycles. The monoisotopic (exact) mass is 389 g/mol. The number of sulfonamides is 1. The van der Waals surface area contributed by atoms with Crippen LogP contribution in [0.15, 0.2) is 53.4 Å². The third-order valence-corrected chi connectivity index (χ3v) is 5.28. The van der Waals surface area contributed by atoms with Crippen LogP contribution in [0.25, 0.3) is 0 Å². The minimum absolute atomic E-state index is 0.00904. The summed E-state index contributed by atoms with van der Waals surface area (Å²) < 4.78 is 26.6. The van der Waals surface area contributed by atoms with Crippen LogP contribution in [0.4, 0.5) is 5.69 Å². The molecule has 0 saturated heterocycles. The van der Waals surface area contributed by atoms with Crippen LogP contribution in [-0.2, 0) is 14.8 Å². The van der Waals surface area contributed by atoms with Crippen molar-refractivity contribution in [3.8, 4) is 0 Å². The van der Waals surface area contributed by atoms with E-state index >= 15 is 0 Å². The summed E-state index contributed by atoms with van der Waals surface area (Å²) in [5, 5.41) is 2.62. The minimum Gasteiger partial charge on any atom is -0.329 e. The maximum Gasteiger partial charge on any atom is 0.240 e. The first-order valence-corrected chi connectivity index (χ1v) is 9.99. The number of carbonyl (C=O) groups is 2.